The first-order chi connectivity index (χ1) is 13.9. The summed E-state index contributed by atoms with van der Waals surface area (Å²) < 4.78 is 15.0. The molecule has 0 amide bonds. The van der Waals surface area contributed by atoms with E-state index in [1.165, 1.54) is 25.5 Å². The normalized spacial score (nSPS) is 14.9. The molecule has 0 aliphatic carbocycles. The van der Waals surface area contributed by atoms with Crippen molar-refractivity contribution in [2.24, 2.45) is 0 Å². The summed E-state index contributed by atoms with van der Waals surface area (Å²) in [6.07, 6.45) is 2.12. The van der Waals surface area contributed by atoms with Gasteiger partial charge in [-0.1, -0.05) is 5.21 Å². The number of aryl methyl sites for hydroxylation is 1. The number of alkyl halides is 1. The van der Waals surface area contributed by atoms with Crippen LogP contribution in [0.4, 0.5) is 16.0 Å². The standard InChI is InChI=1S/C21H27FN6O2/c1-13-8-16(17-11-28(27-26-17)12-21(5,30)20(3,4)29)24-19(9-13)25-18-10-15(14(2)22)6-7-23-18/h6-11,14,29-30H,12H2,1-5H3,(H,23,24,25)/t14?,21-/m1/s1. The number of halogens is 1. The molecule has 0 aliphatic rings. The molecule has 0 bridgehead atoms. The maximum absolute atomic E-state index is 13.6. The summed E-state index contributed by atoms with van der Waals surface area (Å²) in [6.45, 7) is 8.09. The van der Waals surface area contributed by atoms with Gasteiger partial charge in [0.05, 0.1) is 24.0 Å². The number of aliphatic hydroxyl groups is 2. The molecule has 3 aromatic heterocycles. The van der Waals surface area contributed by atoms with Crippen molar-refractivity contribution < 1.29 is 14.6 Å². The van der Waals surface area contributed by atoms with Gasteiger partial charge in [0.15, 0.2) is 0 Å². The van der Waals surface area contributed by atoms with Crippen LogP contribution in [0.25, 0.3) is 11.4 Å². The number of nitrogens with zero attached hydrogens (tertiary/aromatic N) is 5. The van der Waals surface area contributed by atoms with Crippen molar-refractivity contribution in [1.29, 1.82) is 0 Å². The first-order valence-electron chi connectivity index (χ1n) is 9.65. The van der Waals surface area contributed by atoms with Gasteiger partial charge in [-0.05, 0) is 70.0 Å². The Kier molecular flexibility index (Phi) is 5.87. The third kappa shape index (κ3) is 4.98. The van der Waals surface area contributed by atoms with Crippen LogP contribution >= 0.6 is 0 Å². The van der Waals surface area contributed by atoms with Crippen molar-refractivity contribution in [1.82, 2.24) is 25.0 Å². The van der Waals surface area contributed by atoms with Crippen LogP contribution in [-0.4, -0.2) is 46.4 Å². The summed E-state index contributed by atoms with van der Waals surface area (Å²) in [5, 5.41) is 31.9. The summed E-state index contributed by atoms with van der Waals surface area (Å²) in [5.74, 6) is 1.03. The quantitative estimate of drug-likeness (QED) is 0.544. The van der Waals surface area contributed by atoms with Crippen molar-refractivity contribution in [3.63, 3.8) is 0 Å². The third-order valence-electron chi connectivity index (χ3n) is 5.06. The van der Waals surface area contributed by atoms with Gasteiger partial charge in [0.25, 0.3) is 0 Å². The van der Waals surface area contributed by atoms with E-state index in [9.17, 15) is 14.6 Å². The van der Waals surface area contributed by atoms with Crippen molar-refractivity contribution in [3.05, 3.63) is 47.8 Å². The number of rotatable bonds is 7. The number of hydrogen-bond acceptors (Lipinski definition) is 7. The fourth-order valence-electron chi connectivity index (χ4n) is 2.76. The van der Waals surface area contributed by atoms with Crippen LogP contribution in [0.1, 0.15) is 45.0 Å². The fraction of sp³-hybridized carbons (Fsp3) is 0.429. The van der Waals surface area contributed by atoms with E-state index in [0.717, 1.165) is 5.56 Å². The van der Waals surface area contributed by atoms with Gasteiger partial charge in [0.1, 0.15) is 29.1 Å². The SMILES string of the molecule is Cc1cc(Nc2cc(C(C)F)ccn2)nc(-c2cn(C[C@@](C)(O)C(C)(C)O)nn2)c1. The molecule has 9 heteroatoms. The summed E-state index contributed by atoms with van der Waals surface area (Å²) in [4.78, 5) is 8.77. The van der Waals surface area contributed by atoms with E-state index in [2.05, 4.69) is 25.6 Å². The van der Waals surface area contributed by atoms with Gasteiger partial charge in [0.2, 0.25) is 0 Å². The predicted molar refractivity (Wildman–Crippen MR) is 112 cm³/mol. The highest BCUT2D eigenvalue weighted by atomic mass is 19.1. The second-order valence-electron chi connectivity index (χ2n) is 8.26. The molecule has 3 N–H and O–H groups in total. The molecule has 160 valence electrons. The number of anilines is 2. The first-order valence-corrected chi connectivity index (χ1v) is 9.65. The Morgan fingerprint density at radius 2 is 1.87 bits per heavy atom. The smallest absolute Gasteiger partial charge is 0.132 e. The lowest BCUT2D eigenvalue weighted by molar-refractivity contribution is -0.129. The topological polar surface area (TPSA) is 109 Å². The van der Waals surface area contributed by atoms with E-state index >= 15 is 0 Å². The zero-order valence-electron chi connectivity index (χ0n) is 17.8. The van der Waals surface area contributed by atoms with E-state index in [1.54, 1.807) is 31.5 Å². The maximum Gasteiger partial charge on any atom is 0.132 e. The van der Waals surface area contributed by atoms with Crippen LogP contribution in [0.3, 0.4) is 0 Å². The minimum absolute atomic E-state index is 0.0680. The zero-order chi connectivity index (χ0) is 22.1. The molecular weight excluding hydrogens is 387 g/mol. The molecular formula is C21H27FN6O2. The number of aromatic nitrogens is 5. The highest BCUT2D eigenvalue weighted by Gasteiger charge is 2.38. The summed E-state index contributed by atoms with van der Waals surface area (Å²) in [6, 6.07) is 6.98. The van der Waals surface area contributed by atoms with Gasteiger partial charge in [-0.2, -0.15) is 0 Å². The summed E-state index contributed by atoms with van der Waals surface area (Å²) >= 11 is 0. The average molecular weight is 414 g/mol. The number of pyridine rings is 2. The van der Waals surface area contributed by atoms with Crippen molar-refractivity contribution >= 4 is 11.6 Å². The maximum atomic E-state index is 13.6. The molecule has 3 aromatic rings. The number of hydrogen-bond donors (Lipinski definition) is 3. The van der Waals surface area contributed by atoms with Crippen LogP contribution in [0, 0.1) is 6.92 Å². The summed E-state index contributed by atoms with van der Waals surface area (Å²) in [5.41, 5.74) is -0.127. The molecule has 3 heterocycles. The van der Waals surface area contributed by atoms with Crippen LogP contribution in [-0.2, 0) is 6.54 Å². The van der Waals surface area contributed by atoms with Gasteiger partial charge >= 0.3 is 0 Å². The molecule has 0 aromatic carbocycles. The van der Waals surface area contributed by atoms with Crippen molar-refractivity contribution in [2.45, 2.75) is 58.5 Å². The Morgan fingerprint density at radius 1 is 1.13 bits per heavy atom. The average Bonchev–Trinajstić information content (AvgIpc) is 3.08. The minimum Gasteiger partial charge on any atom is -0.387 e. The Hall–Kier alpha value is -2.91. The van der Waals surface area contributed by atoms with Crippen LogP contribution in [0.5, 0.6) is 0 Å². The lowest BCUT2D eigenvalue weighted by atomic mass is 9.88. The molecule has 3 rings (SSSR count). The van der Waals surface area contributed by atoms with Gasteiger partial charge in [-0.25, -0.2) is 19.0 Å². The van der Waals surface area contributed by atoms with Crippen LogP contribution in [0.2, 0.25) is 0 Å². The van der Waals surface area contributed by atoms with E-state index in [-0.39, 0.29) is 6.54 Å². The molecule has 0 saturated carbocycles. The van der Waals surface area contributed by atoms with Gasteiger partial charge < -0.3 is 15.5 Å². The molecule has 8 nitrogen and oxygen atoms in total. The highest BCUT2D eigenvalue weighted by Crippen LogP contribution is 2.25. The minimum atomic E-state index is -1.39. The molecule has 1 unspecified atom stereocenters. The predicted octanol–water partition coefficient (Wildman–Crippen LogP) is 3.34. The van der Waals surface area contributed by atoms with Gasteiger partial charge in [0, 0.05) is 6.20 Å². The fourth-order valence-corrected chi connectivity index (χ4v) is 2.76. The second kappa shape index (κ2) is 8.08. The Morgan fingerprint density at radius 3 is 2.53 bits per heavy atom. The zero-order valence-corrected chi connectivity index (χ0v) is 17.8. The molecule has 0 aliphatic heterocycles. The van der Waals surface area contributed by atoms with E-state index in [4.69, 9.17) is 0 Å². The molecule has 0 radical (unpaired) electrons. The monoisotopic (exact) mass is 414 g/mol. The van der Waals surface area contributed by atoms with Crippen LogP contribution in [0.15, 0.2) is 36.7 Å². The third-order valence-corrected chi connectivity index (χ3v) is 5.06. The van der Waals surface area contributed by atoms with E-state index < -0.39 is 17.4 Å². The number of nitrogens with one attached hydrogen (secondary N) is 1. The summed E-state index contributed by atoms with van der Waals surface area (Å²) in [7, 11) is 0. The first kappa shape index (κ1) is 21.8. The van der Waals surface area contributed by atoms with Crippen molar-refractivity contribution in [2.75, 3.05) is 5.32 Å². The second-order valence-corrected chi connectivity index (χ2v) is 8.26. The molecule has 0 spiro atoms. The Bertz CT molecular complexity index is 1030. The molecule has 0 saturated heterocycles. The largest absolute Gasteiger partial charge is 0.387 e. The Labute approximate surface area is 174 Å². The molecule has 2 atom stereocenters. The van der Waals surface area contributed by atoms with Gasteiger partial charge in [-0.15, -0.1) is 5.10 Å². The van der Waals surface area contributed by atoms with E-state index in [1.807, 2.05) is 19.1 Å². The van der Waals surface area contributed by atoms with E-state index in [0.29, 0.717) is 28.6 Å². The Balaban J connectivity index is 1.84. The van der Waals surface area contributed by atoms with Gasteiger partial charge in [-0.3, -0.25) is 0 Å². The van der Waals surface area contributed by atoms with Crippen LogP contribution < -0.4 is 5.32 Å². The molecule has 30 heavy (non-hydrogen) atoms. The highest BCUT2D eigenvalue weighted by molar-refractivity contribution is 5.61. The molecule has 0 fully saturated rings. The lowest BCUT2D eigenvalue weighted by Gasteiger charge is -2.35. The van der Waals surface area contributed by atoms with Crippen molar-refractivity contribution in [3.8, 4) is 11.4 Å². The lowest BCUT2D eigenvalue weighted by Crippen LogP contribution is -2.50.